The van der Waals surface area contributed by atoms with Gasteiger partial charge in [-0.05, 0) is 29.8 Å². The van der Waals surface area contributed by atoms with Crippen LogP contribution in [0.15, 0.2) is 42.5 Å². The summed E-state index contributed by atoms with van der Waals surface area (Å²) in [7, 11) is 0. The molecule has 25 heavy (non-hydrogen) atoms. The van der Waals surface area contributed by atoms with Crippen molar-refractivity contribution in [2.75, 3.05) is 0 Å². The van der Waals surface area contributed by atoms with Crippen LogP contribution < -0.4 is 0 Å². The van der Waals surface area contributed by atoms with Crippen molar-refractivity contribution in [3.8, 4) is 0 Å². The fourth-order valence-corrected chi connectivity index (χ4v) is 2.71. The molecule has 0 bridgehead atoms. The monoisotopic (exact) mass is 360 g/mol. The molecule has 1 heterocycles. The number of hydrogen-bond donors (Lipinski definition) is 2. The molecule has 0 saturated carbocycles. The molecule has 0 saturated heterocycles. The van der Waals surface area contributed by atoms with Gasteiger partial charge in [-0.15, -0.1) is 0 Å². The first kappa shape index (κ1) is 17.1. The molecule has 0 aliphatic rings. The summed E-state index contributed by atoms with van der Waals surface area (Å²) in [5.74, 6) is -1.53. The topological polar surface area (TPSA) is 75.3 Å². The van der Waals surface area contributed by atoms with Crippen molar-refractivity contribution in [2.45, 2.75) is 13.2 Å². The highest BCUT2D eigenvalue weighted by Crippen LogP contribution is 2.24. The highest BCUT2D eigenvalue weighted by atomic mass is 35.5. The van der Waals surface area contributed by atoms with Crippen LogP contribution in [-0.2, 0) is 17.9 Å². The zero-order chi connectivity index (χ0) is 18.0. The maximum atomic E-state index is 14.1. The van der Waals surface area contributed by atoms with E-state index in [0.29, 0.717) is 32.7 Å². The van der Waals surface area contributed by atoms with Gasteiger partial charge in [-0.2, -0.15) is 5.10 Å². The molecule has 0 aliphatic carbocycles. The average molecular weight is 361 g/mol. The second kappa shape index (κ2) is 7.04. The Balaban J connectivity index is 2.10. The Morgan fingerprint density at radius 3 is 2.76 bits per heavy atom. The van der Waals surface area contributed by atoms with Gasteiger partial charge in [0.05, 0.1) is 24.4 Å². The molecule has 0 aliphatic heterocycles. The maximum absolute atomic E-state index is 14.1. The molecule has 0 unspecified atom stereocenters. The van der Waals surface area contributed by atoms with Gasteiger partial charge in [0.15, 0.2) is 0 Å². The number of aromatic nitrogens is 2. The Morgan fingerprint density at radius 2 is 2.08 bits per heavy atom. The van der Waals surface area contributed by atoms with Gasteiger partial charge in [0.2, 0.25) is 0 Å². The minimum absolute atomic E-state index is 0.142. The minimum Gasteiger partial charge on any atom is -0.478 e. The average Bonchev–Trinajstić information content (AvgIpc) is 2.92. The van der Waals surface area contributed by atoms with Gasteiger partial charge in [-0.1, -0.05) is 29.8 Å². The van der Waals surface area contributed by atoms with Gasteiger partial charge in [-0.3, -0.25) is 4.68 Å². The molecule has 3 rings (SSSR count). The van der Waals surface area contributed by atoms with E-state index in [9.17, 15) is 14.3 Å². The molecule has 7 heteroatoms. The lowest BCUT2D eigenvalue weighted by atomic mass is 10.1. The third-order valence-corrected chi connectivity index (χ3v) is 3.98. The van der Waals surface area contributed by atoms with Crippen LogP contribution in [0.5, 0.6) is 0 Å². The van der Waals surface area contributed by atoms with Gasteiger partial charge < -0.3 is 10.2 Å². The van der Waals surface area contributed by atoms with Crippen molar-refractivity contribution < 1.29 is 19.4 Å². The SMILES string of the molecule is O=C(O)C=Cc1nn(Cc2ccc(Cl)cc2F)c2cc(CO)ccc12. The van der Waals surface area contributed by atoms with Crippen molar-refractivity contribution in [3.05, 3.63) is 70.1 Å². The van der Waals surface area contributed by atoms with Gasteiger partial charge in [0.25, 0.3) is 0 Å². The highest BCUT2D eigenvalue weighted by Gasteiger charge is 2.12. The van der Waals surface area contributed by atoms with Gasteiger partial charge in [0.1, 0.15) is 5.82 Å². The number of carboxylic acids is 1. The molecule has 2 aromatic carbocycles. The molecule has 0 atom stereocenters. The number of benzene rings is 2. The van der Waals surface area contributed by atoms with E-state index in [1.807, 2.05) is 0 Å². The summed E-state index contributed by atoms with van der Waals surface area (Å²) < 4.78 is 15.7. The van der Waals surface area contributed by atoms with Crippen LogP contribution in [0, 0.1) is 5.82 Å². The lowest BCUT2D eigenvalue weighted by Crippen LogP contribution is -2.04. The predicted molar refractivity (Wildman–Crippen MR) is 92.8 cm³/mol. The summed E-state index contributed by atoms with van der Waals surface area (Å²) in [6.07, 6.45) is 2.38. The normalized spacial score (nSPS) is 11.5. The number of aliphatic hydroxyl groups excluding tert-OH is 1. The molecule has 0 spiro atoms. The Labute approximate surface area is 147 Å². The third-order valence-electron chi connectivity index (χ3n) is 3.75. The Morgan fingerprint density at radius 1 is 1.28 bits per heavy atom. The van der Waals surface area contributed by atoms with Crippen molar-refractivity contribution in [2.24, 2.45) is 0 Å². The number of hydrogen-bond acceptors (Lipinski definition) is 3. The third kappa shape index (κ3) is 3.70. The zero-order valence-corrected chi connectivity index (χ0v) is 13.7. The predicted octanol–water partition coefficient (Wildman–Crippen LogP) is 3.47. The van der Waals surface area contributed by atoms with Crippen molar-refractivity contribution >= 4 is 34.5 Å². The zero-order valence-electron chi connectivity index (χ0n) is 13.0. The summed E-state index contributed by atoms with van der Waals surface area (Å²) >= 11 is 5.77. The van der Waals surface area contributed by atoms with E-state index in [4.69, 9.17) is 16.7 Å². The first-order valence-corrected chi connectivity index (χ1v) is 7.81. The molecule has 0 radical (unpaired) electrons. The number of carbonyl (C=O) groups is 1. The summed E-state index contributed by atoms with van der Waals surface area (Å²) in [5, 5.41) is 23.6. The van der Waals surface area contributed by atoms with E-state index >= 15 is 0 Å². The second-order valence-electron chi connectivity index (χ2n) is 5.46. The lowest BCUT2D eigenvalue weighted by Gasteiger charge is -2.06. The van der Waals surface area contributed by atoms with Crippen LogP contribution >= 0.6 is 11.6 Å². The van der Waals surface area contributed by atoms with Crippen LogP contribution in [0.2, 0.25) is 5.02 Å². The summed E-state index contributed by atoms with van der Waals surface area (Å²) in [6, 6.07) is 9.63. The van der Waals surface area contributed by atoms with Crippen LogP contribution in [0.3, 0.4) is 0 Å². The number of carboxylic acid groups (broad SMARTS) is 1. The Bertz CT molecular complexity index is 982. The number of fused-ring (bicyclic) bond motifs is 1. The summed E-state index contributed by atoms with van der Waals surface area (Å²) in [6.45, 7) is 0.00597. The molecule has 1 aromatic heterocycles. The smallest absolute Gasteiger partial charge is 0.328 e. The largest absolute Gasteiger partial charge is 0.478 e. The molecule has 5 nitrogen and oxygen atoms in total. The standard InChI is InChI=1S/C18H14ClFN2O3/c19-13-3-2-12(15(20)8-13)9-22-17-7-11(10-23)1-4-14(17)16(21-22)5-6-18(24)25/h1-8,23H,9-10H2,(H,24,25). The molecule has 0 amide bonds. The van der Waals surface area contributed by atoms with Crippen molar-refractivity contribution in [1.82, 2.24) is 9.78 Å². The van der Waals surface area contributed by atoms with Crippen LogP contribution in [0.4, 0.5) is 4.39 Å². The quantitative estimate of drug-likeness (QED) is 0.683. The lowest BCUT2D eigenvalue weighted by molar-refractivity contribution is -0.131. The van der Waals surface area contributed by atoms with Crippen LogP contribution in [0.25, 0.3) is 17.0 Å². The summed E-state index contributed by atoms with van der Waals surface area (Å²) in [5.41, 5.74) is 2.21. The van der Waals surface area contributed by atoms with E-state index in [2.05, 4.69) is 5.10 Å². The van der Waals surface area contributed by atoms with E-state index in [1.54, 1.807) is 35.0 Å². The molecule has 0 fully saturated rings. The molecule has 128 valence electrons. The number of nitrogens with zero attached hydrogens (tertiary/aromatic N) is 2. The number of aliphatic carboxylic acids is 1. The molecular weight excluding hydrogens is 347 g/mol. The highest BCUT2D eigenvalue weighted by molar-refractivity contribution is 6.30. The number of aliphatic hydroxyl groups is 1. The fraction of sp³-hybridized carbons (Fsp3) is 0.111. The van der Waals surface area contributed by atoms with Gasteiger partial charge in [0, 0.05) is 22.0 Å². The van der Waals surface area contributed by atoms with Gasteiger partial charge in [-0.25, -0.2) is 9.18 Å². The van der Waals surface area contributed by atoms with Gasteiger partial charge >= 0.3 is 5.97 Å². The van der Waals surface area contributed by atoms with Crippen molar-refractivity contribution in [1.29, 1.82) is 0 Å². The summed E-state index contributed by atoms with van der Waals surface area (Å²) in [4.78, 5) is 10.8. The maximum Gasteiger partial charge on any atom is 0.328 e. The fourth-order valence-electron chi connectivity index (χ4n) is 2.55. The van der Waals surface area contributed by atoms with E-state index < -0.39 is 11.8 Å². The van der Waals surface area contributed by atoms with E-state index in [-0.39, 0.29) is 13.2 Å². The first-order valence-electron chi connectivity index (χ1n) is 7.43. The Hall–Kier alpha value is -2.70. The Kier molecular flexibility index (Phi) is 4.83. The van der Waals surface area contributed by atoms with Crippen molar-refractivity contribution in [3.63, 3.8) is 0 Å². The second-order valence-corrected chi connectivity index (χ2v) is 5.90. The first-order chi connectivity index (χ1) is 12.0. The van der Waals surface area contributed by atoms with E-state index in [1.165, 1.54) is 12.1 Å². The number of rotatable bonds is 5. The molecule has 3 aromatic rings. The minimum atomic E-state index is -1.08. The molecule has 2 N–H and O–H groups in total. The molecular formula is C18H14ClFN2O3. The van der Waals surface area contributed by atoms with E-state index in [0.717, 1.165) is 6.08 Å². The number of halogens is 2. The van der Waals surface area contributed by atoms with Crippen LogP contribution in [0.1, 0.15) is 16.8 Å². The van der Waals surface area contributed by atoms with Crippen LogP contribution in [-0.4, -0.2) is 26.0 Å².